The molecule has 41 heavy (non-hydrogen) atoms. The lowest BCUT2D eigenvalue weighted by Crippen LogP contribution is -2.20. The zero-order valence-corrected chi connectivity index (χ0v) is 22.4. The molecule has 0 atom stereocenters. The lowest BCUT2D eigenvalue weighted by atomic mass is 9.97. The van der Waals surface area contributed by atoms with Crippen molar-refractivity contribution >= 4 is 67.3 Å². The Balaban J connectivity index is 1.05. The highest BCUT2D eigenvalue weighted by atomic mass is 16.2. The van der Waals surface area contributed by atoms with Crippen LogP contribution in [0, 0.1) is 0 Å². The van der Waals surface area contributed by atoms with Crippen molar-refractivity contribution in [1.29, 1.82) is 0 Å². The first-order valence-electron chi connectivity index (χ1n) is 13.6. The summed E-state index contributed by atoms with van der Waals surface area (Å²) in [4.78, 5) is 24.8. The van der Waals surface area contributed by atoms with E-state index < -0.39 is 0 Å². The van der Waals surface area contributed by atoms with Gasteiger partial charge in [0.1, 0.15) is 0 Å². The molecule has 0 aliphatic heterocycles. The van der Waals surface area contributed by atoms with E-state index in [4.69, 9.17) is 0 Å². The Kier molecular flexibility index (Phi) is 7.45. The SMILES string of the molecule is O=C(CCCC(=O)NN=Cc1c2ccccc2cc2ccccc12)NN=Cc1c2ccccc2cc2ccccc12. The second-order valence-corrected chi connectivity index (χ2v) is 9.90. The van der Waals surface area contributed by atoms with Gasteiger partial charge in [0.25, 0.3) is 0 Å². The van der Waals surface area contributed by atoms with Gasteiger partial charge < -0.3 is 0 Å². The third-order valence-electron chi connectivity index (χ3n) is 7.20. The number of hydrazone groups is 2. The molecular weight excluding hydrogens is 508 g/mol. The van der Waals surface area contributed by atoms with E-state index in [-0.39, 0.29) is 24.7 Å². The normalized spacial score (nSPS) is 11.7. The third-order valence-corrected chi connectivity index (χ3v) is 7.20. The molecule has 0 fully saturated rings. The fraction of sp³-hybridized carbons (Fsp3) is 0.0857. The number of carbonyl (C=O) groups is 2. The van der Waals surface area contributed by atoms with E-state index in [1.807, 2.05) is 48.5 Å². The molecule has 6 heteroatoms. The number of nitrogens with zero attached hydrogens (tertiary/aromatic N) is 2. The van der Waals surface area contributed by atoms with Crippen LogP contribution in [0.25, 0.3) is 43.1 Å². The highest BCUT2D eigenvalue weighted by molar-refractivity contribution is 6.14. The molecular formula is C35H28N4O2. The molecule has 0 unspecified atom stereocenters. The van der Waals surface area contributed by atoms with Gasteiger partial charge >= 0.3 is 0 Å². The van der Waals surface area contributed by atoms with Crippen molar-refractivity contribution in [2.45, 2.75) is 19.3 Å². The van der Waals surface area contributed by atoms with Gasteiger partial charge in [-0.2, -0.15) is 10.2 Å². The number of hydrogen-bond acceptors (Lipinski definition) is 4. The van der Waals surface area contributed by atoms with E-state index in [0.717, 1.165) is 54.2 Å². The summed E-state index contributed by atoms with van der Waals surface area (Å²) < 4.78 is 0. The van der Waals surface area contributed by atoms with Gasteiger partial charge in [0.2, 0.25) is 11.8 Å². The Labute approximate surface area is 237 Å². The maximum Gasteiger partial charge on any atom is 0.240 e. The molecule has 6 nitrogen and oxygen atoms in total. The van der Waals surface area contributed by atoms with Crippen molar-refractivity contribution in [3.05, 3.63) is 120 Å². The number of benzene rings is 6. The van der Waals surface area contributed by atoms with Crippen molar-refractivity contribution in [1.82, 2.24) is 10.9 Å². The number of carbonyl (C=O) groups excluding carboxylic acids is 2. The number of rotatable bonds is 8. The van der Waals surface area contributed by atoms with Crippen LogP contribution in [-0.2, 0) is 9.59 Å². The van der Waals surface area contributed by atoms with E-state index >= 15 is 0 Å². The Hall–Kier alpha value is -5.36. The van der Waals surface area contributed by atoms with Crippen LogP contribution in [0.4, 0.5) is 0 Å². The molecule has 2 N–H and O–H groups in total. The van der Waals surface area contributed by atoms with Crippen LogP contribution in [0.2, 0.25) is 0 Å². The summed E-state index contributed by atoms with van der Waals surface area (Å²) >= 11 is 0. The minimum Gasteiger partial charge on any atom is -0.273 e. The first kappa shape index (κ1) is 25.9. The largest absolute Gasteiger partial charge is 0.273 e. The van der Waals surface area contributed by atoms with Crippen LogP contribution >= 0.6 is 0 Å². The van der Waals surface area contributed by atoms with Crippen LogP contribution < -0.4 is 10.9 Å². The summed E-state index contributed by atoms with van der Waals surface area (Å²) in [5.74, 6) is -0.492. The Bertz CT molecular complexity index is 1730. The van der Waals surface area contributed by atoms with Gasteiger partial charge in [-0.05, 0) is 61.6 Å². The van der Waals surface area contributed by atoms with Crippen molar-refractivity contribution in [2.24, 2.45) is 10.2 Å². The number of hydrogen-bond donors (Lipinski definition) is 2. The Morgan fingerprint density at radius 3 is 1.17 bits per heavy atom. The van der Waals surface area contributed by atoms with Crippen LogP contribution in [0.1, 0.15) is 30.4 Å². The maximum absolute atomic E-state index is 12.4. The lowest BCUT2D eigenvalue weighted by molar-refractivity contribution is -0.122. The van der Waals surface area contributed by atoms with Crippen molar-refractivity contribution in [2.75, 3.05) is 0 Å². The van der Waals surface area contributed by atoms with E-state index in [2.05, 4.69) is 81.7 Å². The van der Waals surface area contributed by atoms with Crippen LogP contribution in [0.15, 0.2) is 119 Å². The summed E-state index contributed by atoms with van der Waals surface area (Å²) in [6, 6.07) is 36.8. The second kappa shape index (κ2) is 11.8. The number of amides is 2. The first-order valence-corrected chi connectivity index (χ1v) is 13.6. The fourth-order valence-electron chi connectivity index (χ4n) is 5.23. The molecule has 6 aromatic carbocycles. The van der Waals surface area contributed by atoms with Gasteiger partial charge in [-0.3, -0.25) is 9.59 Å². The van der Waals surface area contributed by atoms with Gasteiger partial charge in [0, 0.05) is 24.0 Å². The summed E-state index contributed by atoms with van der Waals surface area (Å²) in [6.45, 7) is 0. The van der Waals surface area contributed by atoms with Crippen molar-refractivity contribution in [3.8, 4) is 0 Å². The van der Waals surface area contributed by atoms with Gasteiger partial charge in [-0.15, -0.1) is 0 Å². The molecule has 0 bridgehead atoms. The molecule has 2 amide bonds. The maximum atomic E-state index is 12.4. The predicted molar refractivity (Wildman–Crippen MR) is 168 cm³/mol. The van der Waals surface area contributed by atoms with Gasteiger partial charge in [0.05, 0.1) is 12.4 Å². The lowest BCUT2D eigenvalue weighted by Gasteiger charge is -2.08. The minimum atomic E-state index is -0.246. The molecule has 0 spiro atoms. The molecule has 0 heterocycles. The summed E-state index contributed by atoms with van der Waals surface area (Å²) in [5, 5.41) is 17.2. The van der Waals surface area contributed by atoms with Gasteiger partial charge in [-0.1, -0.05) is 97.1 Å². The quantitative estimate of drug-likeness (QED) is 0.124. The van der Waals surface area contributed by atoms with E-state index in [0.29, 0.717) is 6.42 Å². The molecule has 0 radical (unpaired) electrons. The average molecular weight is 537 g/mol. The second-order valence-electron chi connectivity index (χ2n) is 9.90. The van der Waals surface area contributed by atoms with Crippen LogP contribution in [0.3, 0.4) is 0 Å². The highest BCUT2D eigenvalue weighted by Gasteiger charge is 2.08. The smallest absolute Gasteiger partial charge is 0.240 e. The average Bonchev–Trinajstić information content (AvgIpc) is 3.00. The van der Waals surface area contributed by atoms with E-state index in [1.54, 1.807) is 12.4 Å². The third kappa shape index (κ3) is 5.68. The standard InChI is InChI=1S/C35H28N4O2/c40-34(38-36-22-32-28-14-5-1-10-24(28)20-25-11-2-6-15-29(25)32)18-9-19-35(41)39-37-23-33-30-16-7-3-12-26(30)21-27-13-4-8-17-31(27)33/h1-8,10-17,20-23H,9,18-19H2,(H,38,40)(H,39,41). The molecule has 6 aromatic rings. The highest BCUT2D eigenvalue weighted by Crippen LogP contribution is 2.28. The van der Waals surface area contributed by atoms with E-state index in [9.17, 15) is 9.59 Å². The van der Waals surface area contributed by atoms with Crippen LogP contribution in [0.5, 0.6) is 0 Å². The molecule has 6 rings (SSSR count). The van der Waals surface area contributed by atoms with Gasteiger partial charge in [-0.25, -0.2) is 10.9 Å². The molecule has 0 aromatic heterocycles. The van der Waals surface area contributed by atoms with Gasteiger partial charge in [0.15, 0.2) is 0 Å². The molecule has 0 aliphatic carbocycles. The topological polar surface area (TPSA) is 82.9 Å². The predicted octanol–water partition coefficient (Wildman–Crippen LogP) is 7.07. The summed E-state index contributed by atoms with van der Waals surface area (Å²) in [7, 11) is 0. The first-order chi connectivity index (χ1) is 20.2. The molecule has 0 aliphatic rings. The fourth-order valence-corrected chi connectivity index (χ4v) is 5.23. The molecule has 0 saturated carbocycles. The number of fused-ring (bicyclic) bond motifs is 4. The van der Waals surface area contributed by atoms with Crippen molar-refractivity contribution in [3.63, 3.8) is 0 Å². The van der Waals surface area contributed by atoms with Crippen molar-refractivity contribution < 1.29 is 9.59 Å². The van der Waals surface area contributed by atoms with E-state index in [1.165, 1.54) is 0 Å². The monoisotopic (exact) mass is 536 g/mol. The summed E-state index contributed by atoms with van der Waals surface area (Å²) in [6.07, 6.45) is 4.14. The number of nitrogens with one attached hydrogen (secondary N) is 2. The van der Waals surface area contributed by atoms with Crippen LogP contribution in [-0.4, -0.2) is 24.2 Å². The Morgan fingerprint density at radius 2 is 0.829 bits per heavy atom. The summed E-state index contributed by atoms with van der Waals surface area (Å²) in [5.41, 5.74) is 7.11. The zero-order valence-electron chi connectivity index (χ0n) is 22.4. The minimum absolute atomic E-state index is 0.179. The Morgan fingerprint density at radius 1 is 0.512 bits per heavy atom. The zero-order chi connectivity index (χ0) is 28.0. The molecule has 0 saturated heterocycles. The molecule has 200 valence electrons.